The van der Waals surface area contributed by atoms with Gasteiger partial charge in [0, 0.05) is 34.9 Å². The van der Waals surface area contributed by atoms with Crippen molar-refractivity contribution in [3.05, 3.63) is 59.2 Å². The van der Waals surface area contributed by atoms with Crippen LogP contribution in [0.3, 0.4) is 0 Å². The summed E-state index contributed by atoms with van der Waals surface area (Å²) in [5.74, 6) is 1.29. The van der Waals surface area contributed by atoms with E-state index in [-0.39, 0.29) is 5.91 Å². The number of carbonyl (C=O) groups excluding carboxylic acids is 1. The van der Waals surface area contributed by atoms with Gasteiger partial charge in [0.25, 0.3) is 0 Å². The van der Waals surface area contributed by atoms with Crippen LogP contribution in [0.1, 0.15) is 23.1 Å². The average Bonchev–Trinajstić information content (AvgIpc) is 2.56. The maximum absolute atomic E-state index is 12.2. The van der Waals surface area contributed by atoms with Crippen molar-refractivity contribution in [3.63, 3.8) is 0 Å². The van der Waals surface area contributed by atoms with Gasteiger partial charge in [-0.1, -0.05) is 24.3 Å². The van der Waals surface area contributed by atoms with Crippen LogP contribution in [0.2, 0.25) is 0 Å². The fourth-order valence-electron chi connectivity index (χ4n) is 2.46. The van der Waals surface area contributed by atoms with Gasteiger partial charge in [-0.2, -0.15) is 0 Å². The van der Waals surface area contributed by atoms with E-state index >= 15 is 0 Å². The Labute approximate surface area is 145 Å². The molecule has 1 atom stereocenters. The first-order valence-corrected chi connectivity index (χ1v) is 9.53. The Bertz CT molecular complexity index is 726. The number of hydrogen-bond acceptors (Lipinski definition) is 3. The van der Waals surface area contributed by atoms with Crippen LogP contribution in [0.15, 0.2) is 42.5 Å². The van der Waals surface area contributed by atoms with Gasteiger partial charge >= 0.3 is 0 Å². The van der Waals surface area contributed by atoms with E-state index in [9.17, 15) is 9.00 Å². The van der Waals surface area contributed by atoms with E-state index < -0.39 is 10.8 Å². The Morgan fingerprint density at radius 3 is 2.50 bits per heavy atom. The number of carbonyl (C=O) groups is 1. The summed E-state index contributed by atoms with van der Waals surface area (Å²) >= 11 is 0. The van der Waals surface area contributed by atoms with Gasteiger partial charge in [0.1, 0.15) is 5.75 Å². The smallest absolute Gasteiger partial charge is 0.224 e. The number of nitrogens with one attached hydrogen (secondary N) is 1. The lowest BCUT2D eigenvalue weighted by molar-refractivity contribution is -0.116. The standard InChI is InChI=1S/C19H23NO3S/c1-14-16(13-24(3)22)5-4-6-18(14)20-19(21)12-9-15-7-10-17(23-2)11-8-15/h4-8,10-11H,9,12-13H2,1-3H3,(H,20,21). The maximum Gasteiger partial charge on any atom is 0.224 e. The molecule has 0 fully saturated rings. The van der Waals surface area contributed by atoms with Gasteiger partial charge in [-0.15, -0.1) is 0 Å². The first kappa shape index (κ1) is 18.2. The van der Waals surface area contributed by atoms with Crippen LogP contribution in [-0.2, 0) is 27.8 Å². The molecular formula is C19H23NO3S. The first-order valence-electron chi connectivity index (χ1n) is 7.81. The van der Waals surface area contributed by atoms with Crippen LogP contribution < -0.4 is 10.1 Å². The summed E-state index contributed by atoms with van der Waals surface area (Å²) in [6.07, 6.45) is 2.77. The lowest BCUT2D eigenvalue weighted by Gasteiger charge is -2.12. The molecule has 0 heterocycles. The van der Waals surface area contributed by atoms with E-state index in [1.807, 2.05) is 49.4 Å². The van der Waals surface area contributed by atoms with Crippen LogP contribution >= 0.6 is 0 Å². The van der Waals surface area contributed by atoms with Crippen molar-refractivity contribution in [2.24, 2.45) is 0 Å². The number of anilines is 1. The minimum absolute atomic E-state index is 0.0244. The summed E-state index contributed by atoms with van der Waals surface area (Å²) in [6.45, 7) is 1.95. The number of rotatable bonds is 7. The normalized spacial score (nSPS) is 11.8. The van der Waals surface area contributed by atoms with Crippen LogP contribution in [0.4, 0.5) is 5.69 Å². The second-order valence-corrected chi connectivity index (χ2v) is 7.14. The summed E-state index contributed by atoms with van der Waals surface area (Å²) in [4.78, 5) is 12.2. The molecule has 0 aromatic heterocycles. The van der Waals surface area contributed by atoms with Gasteiger partial charge in [0.15, 0.2) is 0 Å². The third-order valence-corrected chi connectivity index (χ3v) is 4.60. The molecule has 4 nitrogen and oxygen atoms in total. The molecule has 1 amide bonds. The van der Waals surface area contributed by atoms with Gasteiger partial charge in [-0.25, -0.2) is 0 Å². The molecule has 0 aliphatic carbocycles. The van der Waals surface area contributed by atoms with Crippen molar-refractivity contribution in [1.82, 2.24) is 0 Å². The van der Waals surface area contributed by atoms with Crippen molar-refractivity contribution in [2.45, 2.75) is 25.5 Å². The summed E-state index contributed by atoms with van der Waals surface area (Å²) < 4.78 is 16.5. The van der Waals surface area contributed by atoms with Crippen LogP contribution in [0.5, 0.6) is 5.75 Å². The largest absolute Gasteiger partial charge is 0.497 e. The zero-order valence-electron chi connectivity index (χ0n) is 14.3. The SMILES string of the molecule is COc1ccc(CCC(=O)Nc2cccc(CS(C)=O)c2C)cc1. The number of ether oxygens (including phenoxy) is 1. The number of benzene rings is 2. The Hall–Kier alpha value is -2.14. The lowest BCUT2D eigenvalue weighted by atomic mass is 10.1. The molecule has 0 saturated carbocycles. The highest BCUT2D eigenvalue weighted by Crippen LogP contribution is 2.20. The second-order valence-electron chi connectivity index (χ2n) is 5.70. The van der Waals surface area contributed by atoms with E-state index in [1.165, 1.54) is 0 Å². The van der Waals surface area contributed by atoms with E-state index in [0.29, 0.717) is 18.6 Å². The van der Waals surface area contributed by atoms with Crippen molar-refractivity contribution < 1.29 is 13.7 Å². The Morgan fingerprint density at radius 2 is 1.88 bits per heavy atom. The Morgan fingerprint density at radius 1 is 1.17 bits per heavy atom. The number of amides is 1. The highest BCUT2D eigenvalue weighted by Gasteiger charge is 2.09. The molecule has 0 aliphatic heterocycles. The zero-order valence-corrected chi connectivity index (χ0v) is 15.1. The van der Waals surface area contributed by atoms with Crippen LogP contribution in [0, 0.1) is 6.92 Å². The summed E-state index contributed by atoms with van der Waals surface area (Å²) in [5, 5.41) is 2.95. The topological polar surface area (TPSA) is 55.4 Å². The molecular weight excluding hydrogens is 322 g/mol. The van der Waals surface area contributed by atoms with Gasteiger partial charge in [-0.3, -0.25) is 9.00 Å². The molecule has 5 heteroatoms. The van der Waals surface area contributed by atoms with E-state index in [2.05, 4.69) is 5.32 Å². The van der Waals surface area contributed by atoms with Crippen LogP contribution in [0.25, 0.3) is 0 Å². The number of hydrogen-bond donors (Lipinski definition) is 1. The number of methoxy groups -OCH3 is 1. The fourth-order valence-corrected chi connectivity index (χ4v) is 3.21. The molecule has 0 saturated heterocycles. The van der Waals surface area contributed by atoms with Crippen molar-refractivity contribution >= 4 is 22.4 Å². The molecule has 128 valence electrons. The molecule has 2 rings (SSSR count). The molecule has 2 aromatic carbocycles. The zero-order chi connectivity index (χ0) is 17.5. The first-order chi connectivity index (χ1) is 11.5. The highest BCUT2D eigenvalue weighted by molar-refractivity contribution is 7.83. The minimum Gasteiger partial charge on any atom is -0.497 e. The highest BCUT2D eigenvalue weighted by atomic mass is 32.2. The lowest BCUT2D eigenvalue weighted by Crippen LogP contribution is -2.14. The van der Waals surface area contributed by atoms with E-state index in [1.54, 1.807) is 13.4 Å². The average molecular weight is 345 g/mol. The number of aryl methyl sites for hydroxylation is 1. The van der Waals surface area contributed by atoms with Gasteiger partial charge < -0.3 is 10.1 Å². The fraction of sp³-hybridized carbons (Fsp3) is 0.316. The summed E-state index contributed by atoms with van der Waals surface area (Å²) in [6, 6.07) is 13.4. The molecule has 0 aliphatic rings. The summed E-state index contributed by atoms with van der Waals surface area (Å²) in [7, 11) is 0.730. The molecule has 1 N–H and O–H groups in total. The maximum atomic E-state index is 12.2. The quantitative estimate of drug-likeness (QED) is 0.836. The molecule has 1 unspecified atom stereocenters. The molecule has 24 heavy (non-hydrogen) atoms. The molecule has 0 bridgehead atoms. The van der Waals surface area contributed by atoms with Crippen molar-refractivity contribution in [3.8, 4) is 5.75 Å². The van der Waals surface area contributed by atoms with Gasteiger partial charge in [0.05, 0.1) is 7.11 Å². The summed E-state index contributed by atoms with van der Waals surface area (Å²) in [5.41, 5.74) is 3.87. The Balaban J connectivity index is 1.95. The van der Waals surface area contributed by atoms with E-state index in [0.717, 1.165) is 28.1 Å². The monoisotopic (exact) mass is 345 g/mol. The van der Waals surface area contributed by atoms with E-state index in [4.69, 9.17) is 4.74 Å². The predicted molar refractivity (Wildman–Crippen MR) is 98.9 cm³/mol. The van der Waals surface area contributed by atoms with Crippen LogP contribution in [-0.4, -0.2) is 23.5 Å². The van der Waals surface area contributed by atoms with Crippen molar-refractivity contribution in [1.29, 1.82) is 0 Å². The Kier molecular flexibility index (Phi) is 6.55. The third-order valence-electron chi connectivity index (χ3n) is 3.88. The van der Waals surface area contributed by atoms with Gasteiger partial charge in [-0.05, 0) is 48.2 Å². The minimum atomic E-state index is -0.902. The van der Waals surface area contributed by atoms with Gasteiger partial charge in [0.2, 0.25) is 5.91 Å². The third kappa shape index (κ3) is 5.20. The van der Waals surface area contributed by atoms with Crippen molar-refractivity contribution in [2.75, 3.05) is 18.7 Å². The molecule has 0 spiro atoms. The molecule has 2 aromatic rings. The second kappa shape index (κ2) is 8.64. The molecule has 0 radical (unpaired) electrons. The predicted octanol–water partition coefficient (Wildman–Crippen LogP) is 3.45.